The fourth-order valence-corrected chi connectivity index (χ4v) is 8.59. The lowest BCUT2D eigenvalue weighted by atomic mass is 9.66. The van der Waals surface area contributed by atoms with Gasteiger partial charge in [0.25, 0.3) is 0 Å². The lowest BCUT2D eigenvalue weighted by Crippen LogP contribution is -2.43. The van der Waals surface area contributed by atoms with Crippen molar-refractivity contribution in [2.45, 2.75) is 129 Å². The van der Waals surface area contributed by atoms with E-state index >= 15 is 0 Å². The lowest BCUT2D eigenvalue weighted by Gasteiger charge is -2.43. The predicted molar refractivity (Wildman–Crippen MR) is 223 cm³/mol. The molecule has 0 amide bonds. The second-order valence-electron chi connectivity index (χ2n) is 16.6. The van der Waals surface area contributed by atoms with Gasteiger partial charge in [0.05, 0.1) is 43.2 Å². The van der Waals surface area contributed by atoms with E-state index in [1.54, 1.807) is 24.3 Å². The second-order valence-corrected chi connectivity index (χ2v) is 16.6. The first-order valence-corrected chi connectivity index (χ1v) is 20.9. The molecule has 0 aliphatic heterocycles. The number of benzene rings is 2. The third kappa shape index (κ3) is 11.8. The van der Waals surface area contributed by atoms with Crippen LogP contribution in [0.5, 0.6) is 0 Å². The number of aromatic nitrogens is 1. The minimum absolute atomic E-state index is 0.00859. The molecular weight excluding hydrogens is 758 g/mol. The standard InChI is InChI=1S/C47H60FNO10/c1-6-28(4)47(57)59-42-24-35(52)21-31-12-11-29(5)38(46(31)42)19-17-33(50)22-36(53)25-44(56)58-37(26-43(54)55)23-34(51)18-20-41-45(30-13-15-32(48)16-14-30)39-9-7-8-10-40(39)49(41)27(2)3/h7-16,18,20-21,27-29,33-38,42,46,50-53H,6,17,19,22-26H2,1-5H3,(H,54,55)/b20-18+/t28-,29-,33+,34-,35+,36+,37-,38-,42-,46-/m0/s1. The summed E-state index contributed by atoms with van der Waals surface area (Å²) < 4.78 is 27.4. The SMILES string of the molecule is CC[C@H](C)C(=O)O[C@H]1C[C@H](O)C=C2C=C[C@H](C)[C@H](CC[C@@H](O)C[C@@H](O)CC(=O)O[C@H](CC(=O)O)C[C@@H](O)/C=C/c3c(-c4ccc(F)cc4)c4ccccc4n3C(C)C)[C@H]21. The van der Waals surface area contributed by atoms with Gasteiger partial charge in [0.2, 0.25) is 0 Å². The Morgan fingerprint density at radius 1 is 0.983 bits per heavy atom. The van der Waals surface area contributed by atoms with Crippen LogP contribution in [0.25, 0.3) is 28.1 Å². The van der Waals surface area contributed by atoms with Gasteiger partial charge in [-0.1, -0.05) is 75.4 Å². The Bertz CT molecular complexity index is 2000. The monoisotopic (exact) mass is 817 g/mol. The number of aliphatic carboxylic acids is 1. The molecule has 3 aromatic rings. The summed E-state index contributed by atoms with van der Waals surface area (Å²) in [5.41, 5.74) is 4.23. The van der Waals surface area contributed by atoms with E-state index in [9.17, 15) is 44.3 Å². The molecule has 10 atom stereocenters. The summed E-state index contributed by atoms with van der Waals surface area (Å²) >= 11 is 0. The number of rotatable bonds is 19. The van der Waals surface area contributed by atoms with Crippen molar-refractivity contribution in [1.82, 2.24) is 4.57 Å². The zero-order chi connectivity index (χ0) is 43.0. The van der Waals surface area contributed by atoms with Gasteiger partial charge in [0.1, 0.15) is 18.0 Å². The molecule has 0 saturated heterocycles. The van der Waals surface area contributed by atoms with Crippen LogP contribution in [-0.2, 0) is 23.9 Å². The Labute approximate surface area is 345 Å². The van der Waals surface area contributed by atoms with Gasteiger partial charge >= 0.3 is 17.9 Å². The van der Waals surface area contributed by atoms with Crippen molar-refractivity contribution in [3.05, 3.63) is 89.9 Å². The first-order chi connectivity index (χ1) is 28.1. The van der Waals surface area contributed by atoms with E-state index in [0.29, 0.717) is 19.3 Å². The second kappa shape index (κ2) is 20.6. The summed E-state index contributed by atoms with van der Waals surface area (Å²) in [7, 11) is 0. The molecular formula is C47H60FNO10. The minimum atomic E-state index is -1.27. The van der Waals surface area contributed by atoms with Gasteiger partial charge in [-0.3, -0.25) is 14.4 Å². The van der Waals surface area contributed by atoms with Gasteiger partial charge < -0.3 is 39.6 Å². The van der Waals surface area contributed by atoms with Crippen molar-refractivity contribution in [3.8, 4) is 11.1 Å². The minimum Gasteiger partial charge on any atom is -0.481 e. The van der Waals surface area contributed by atoms with Crippen LogP contribution >= 0.6 is 0 Å². The lowest BCUT2D eigenvalue weighted by molar-refractivity contribution is -0.160. The predicted octanol–water partition coefficient (Wildman–Crippen LogP) is 7.55. The van der Waals surface area contributed by atoms with E-state index in [2.05, 4.69) is 11.5 Å². The van der Waals surface area contributed by atoms with E-state index in [-0.39, 0.29) is 60.8 Å². The highest BCUT2D eigenvalue weighted by Gasteiger charge is 2.42. The first kappa shape index (κ1) is 45.5. The van der Waals surface area contributed by atoms with Crippen LogP contribution in [0.2, 0.25) is 0 Å². The molecule has 5 rings (SSSR count). The van der Waals surface area contributed by atoms with Crippen LogP contribution in [0.1, 0.15) is 97.7 Å². The highest BCUT2D eigenvalue weighted by molar-refractivity contribution is 6.01. The van der Waals surface area contributed by atoms with Crippen molar-refractivity contribution >= 4 is 34.9 Å². The van der Waals surface area contributed by atoms with Crippen molar-refractivity contribution in [2.24, 2.45) is 23.7 Å². The third-order valence-corrected chi connectivity index (χ3v) is 11.7. The number of aliphatic hydroxyl groups is 4. The molecule has 0 radical (unpaired) electrons. The Morgan fingerprint density at radius 3 is 2.37 bits per heavy atom. The molecule has 0 saturated carbocycles. The zero-order valence-corrected chi connectivity index (χ0v) is 34.6. The van der Waals surface area contributed by atoms with Crippen LogP contribution in [0, 0.1) is 29.5 Å². The maximum atomic E-state index is 13.9. The van der Waals surface area contributed by atoms with Gasteiger partial charge in [-0.25, -0.2) is 4.39 Å². The van der Waals surface area contributed by atoms with Gasteiger partial charge in [-0.05, 0) is 86.8 Å². The van der Waals surface area contributed by atoms with E-state index in [4.69, 9.17) is 9.47 Å². The number of aliphatic hydroxyl groups excluding tert-OH is 4. The van der Waals surface area contributed by atoms with Gasteiger partial charge in [-0.15, -0.1) is 0 Å². The summed E-state index contributed by atoms with van der Waals surface area (Å²) in [6.45, 7) is 9.84. The summed E-state index contributed by atoms with van der Waals surface area (Å²) in [6.07, 6.45) is 3.51. The quantitative estimate of drug-likeness (QED) is 0.0760. The normalized spacial score (nSPS) is 23.0. The number of halogens is 1. The highest BCUT2D eigenvalue weighted by atomic mass is 19.1. The van der Waals surface area contributed by atoms with E-state index in [1.165, 1.54) is 18.2 Å². The fourth-order valence-electron chi connectivity index (χ4n) is 8.59. The number of carboxylic acid groups (broad SMARTS) is 1. The van der Waals surface area contributed by atoms with E-state index < -0.39 is 61.4 Å². The zero-order valence-electron chi connectivity index (χ0n) is 34.6. The third-order valence-electron chi connectivity index (χ3n) is 11.7. The van der Waals surface area contributed by atoms with Crippen LogP contribution < -0.4 is 0 Å². The van der Waals surface area contributed by atoms with Gasteiger partial charge in [0, 0.05) is 47.0 Å². The molecule has 59 heavy (non-hydrogen) atoms. The number of fused-ring (bicyclic) bond motifs is 2. The molecule has 11 nitrogen and oxygen atoms in total. The molecule has 2 aromatic carbocycles. The number of carboxylic acids is 1. The van der Waals surface area contributed by atoms with Crippen molar-refractivity contribution in [1.29, 1.82) is 0 Å². The van der Waals surface area contributed by atoms with E-state index in [1.807, 2.05) is 64.1 Å². The number of ether oxygens (including phenoxy) is 2. The molecule has 1 aromatic heterocycles. The molecule has 12 heteroatoms. The Hall–Kier alpha value is -4.62. The molecule has 0 fully saturated rings. The largest absolute Gasteiger partial charge is 0.481 e. The van der Waals surface area contributed by atoms with Crippen LogP contribution in [0.15, 0.2) is 78.4 Å². The fraction of sp³-hybridized carbons (Fsp3) is 0.511. The number of allylic oxidation sites excluding steroid dienone is 2. The average Bonchev–Trinajstić information content (AvgIpc) is 3.50. The highest BCUT2D eigenvalue weighted by Crippen LogP contribution is 2.44. The number of hydrogen-bond acceptors (Lipinski definition) is 9. The molecule has 2 aliphatic carbocycles. The maximum absolute atomic E-state index is 13.9. The van der Waals surface area contributed by atoms with Crippen LogP contribution in [-0.4, -0.2) is 84.6 Å². The van der Waals surface area contributed by atoms with Gasteiger partial charge in [-0.2, -0.15) is 0 Å². The Kier molecular flexibility index (Phi) is 15.9. The van der Waals surface area contributed by atoms with E-state index in [0.717, 1.165) is 33.3 Å². The average molecular weight is 818 g/mol. The maximum Gasteiger partial charge on any atom is 0.308 e. The number of nitrogens with zero attached hydrogens (tertiary/aromatic N) is 1. The molecule has 1 heterocycles. The topological polar surface area (TPSA) is 176 Å². The molecule has 320 valence electrons. The summed E-state index contributed by atoms with van der Waals surface area (Å²) in [4.78, 5) is 37.5. The Morgan fingerprint density at radius 2 is 1.69 bits per heavy atom. The summed E-state index contributed by atoms with van der Waals surface area (Å²) in [6, 6.07) is 14.0. The number of hydrogen-bond donors (Lipinski definition) is 5. The smallest absolute Gasteiger partial charge is 0.308 e. The summed E-state index contributed by atoms with van der Waals surface area (Å²) in [5, 5.41) is 53.9. The number of carbonyl (C=O) groups is 3. The molecule has 2 aliphatic rings. The molecule has 5 N–H and O–H groups in total. The Balaban J connectivity index is 1.20. The van der Waals surface area contributed by atoms with Crippen LogP contribution in [0.3, 0.4) is 0 Å². The molecule has 0 unspecified atom stereocenters. The van der Waals surface area contributed by atoms with Crippen molar-refractivity contribution in [2.75, 3.05) is 0 Å². The van der Waals surface area contributed by atoms with Crippen molar-refractivity contribution < 1.29 is 53.8 Å². The summed E-state index contributed by atoms with van der Waals surface area (Å²) in [5.74, 6) is -3.11. The number of esters is 2. The molecule has 0 bridgehead atoms. The van der Waals surface area contributed by atoms with Crippen LogP contribution in [0.4, 0.5) is 4.39 Å². The number of para-hydroxylation sites is 1. The van der Waals surface area contributed by atoms with Crippen molar-refractivity contribution in [3.63, 3.8) is 0 Å². The molecule has 0 spiro atoms. The number of carbonyl (C=O) groups excluding carboxylic acids is 2. The van der Waals surface area contributed by atoms with Gasteiger partial charge in [0.15, 0.2) is 0 Å². The first-order valence-electron chi connectivity index (χ1n) is 20.9.